The summed E-state index contributed by atoms with van der Waals surface area (Å²) in [6.07, 6.45) is 19.4. The van der Waals surface area contributed by atoms with E-state index in [0.717, 1.165) is 35.5 Å². The molecule has 10 atom stereocenters. The highest BCUT2D eigenvalue weighted by atomic mass is 16.5. The normalized spacial score (nSPS) is 39.8. The summed E-state index contributed by atoms with van der Waals surface area (Å²) in [5.41, 5.74) is 3.05. The van der Waals surface area contributed by atoms with Crippen molar-refractivity contribution in [3.8, 4) is 0 Å². The predicted molar refractivity (Wildman–Crippen MR) is 158 cm³/mol. The Morgan fingerprint density at radius 3 is 2.42 bits per heavy atom. The molecule has 5 rings (SSSR count). The van der Waals surface area contributed by atoms with E-state index in [1.807, 2.05) is 12.1 Å². The second-order valence-electron chi connectivity index (χ2n) is 14.4. The van der Waals surface area contributed by atoms with Gasteiger partial charge in [0.1, 0.15) is 0 Å². The Hall–Kier alpha value is -1.57. The van der Waals surface area contributed by atoms with Crippen molar-refractivity contribution in [3.05, 3.63) is 48.0 Å². The quantitative estimate of drug-likeness (QED) is 0.253. The van der Waals surface area contributed by atoms with Crippen LogP contribution in [-0.2, 0) is 4.74 Å². The summed E-state index contributed by atoms with van der Waals surface area (Å²) in [5.74, 6) is 6.44. The van der Waals surface area contributed by atoms with Crippen molar-refractivity contribution in [2.75, 3.05) is 7.11 Å². The number of hydrogen-bond donors (Lipinski definition) is 0. The lowest BCUT2D eigenvalue weighted by atomic mass is 9.42. The third-order valence-electron chi connectivity index (χ3n) is 13.0. The highest BCUT2D eigenvalue weighted by Gasteiger charge is 2.61. The molecular formula is C36H54O2. The van der Waals surface area contributed by atoms with Gasteiger partial charge in [-0.1, -0.05) is 65.2 Å². The molecule has 0 saturated heterocycles. The van der Waals surface area contributed by atoms with Crippen LogP contribution in [0.4, 0.5) is 0 Å². The summed E-state index contributed by atoms with van der Waals surface area (Å²) >= 11 is 0. The van der Waals surface area contributed by atoms with E-state index in [0.29, 0.717) is 28.2 Å². The third-order valence-corrected chi connectivity index (χ3v) is 13.0. The van der Waals surface area contributed by atoms with Crippen molar-refractivity contribution in [3.63, 3.8) is 0 Å². The Bertz CT molecular complexity index is 980. The van der Waals surface area contributed by atoms with Gasteiger partial charge in [-0.05, 0) is 134 Å². The maximum atomic E-state index is 11.8. The minimum absolute atomic E-state index is 0.258. The molecule has 0 aromatic heterocycles. The molecule has 210 valence electrons. The Morgan fingerprint density at radius 1 is 1.00 bits per heavy atom. The lowest BCUT2D eigenvalue weighted by Gasteiger charge is -2.63. The van der Waals surface area contributed by atoms with Crippen molar-refractivity contribution in [1.29, 1.82) is 0 Å². The van der Waals surface area contributed by atoms with Crippen molar-refractivity contribution < 1.29 is 9.53 Å². The van der Waals surface area contributed by atoms with Crippen molar-refractivity contribution in [1.82, 2.24) is 0 Å². The van der Waals surface area contributed by atoms with E-state index in [9.17, 15) is 4.79 Å². The van der Waals surface area contributed by atoms with E-state index in [1.165, 1.54) is 89.7 Å². The lowest BCUT2D eigenvalue weighted by molar-refractivity contribution is -0.137. The largest absolute Gasteiger partial charge is 0.465 e. The first kappa shape index (κ1) is 28.0. The van der Waals surface area contributed by atoms with Gasteiger partial charge in [0, 0.05) is 0 Å². The van der Waals surface area contributed by atoms with Crippen LogP contribution in [0.25, 0.3) is 0 Å². The molecule has 1 aromatic carbocycles. The van der Waals surface area contributed by atoms with Gasteiger partial charge in [0.15, 0.2) is 0 Å². The smallest absolute Gasteiger partial charge is 0.337 e. The topological polar surface area (TPSA) is 26.3 Å². The average Bonchev–Trinajstić information content (AvgIpc) is 3.29. The molecule has 2 nitrogen and oxygen atoms in total. The number of methoxy groups -OCH3 is 1. The first-order valence-electron chi connectivity index (χ1n) is 16.1. The molecular weight excluding hydrogens is 464 g/mol. The Balaban J connectivity index is 1.27. The van der Waals surface area contributed by atoms with Crippen LogP contribution in [0, 0.1) is 52.3 Å². The van der Waals surface area contributed by atoms with Crippen LogP contribution >= 0.6 is 0 Å². The summed E-state index contributed by atoms with van der Waals surface area (Å²) in [6, 6.07) is 8.05. The van der Waals surface area contributed by atoms with Crippen LogP contribution in [0.1, 0.15) is 127 Å². The SMILES string of the molecule is C=C[C@H](CCC(C)c1ccc(C(=O)OC)cc1)[C@H]1CCC2C3C[C@H](CC)[C@@H]4CCCC[C@]4(C)C3CC[C@@]21C. The number of rotatable bonds is 8. The molecule has 2 heteroatoms. The van der Waals surface area contributed by atoms with Crippen LogP contribution in [-0.4, -0.2) is 13.1 Å². The van der Waals surface area contributed by atoms with Gasteiger partial charge in [0.05, 0.1) is 12.7 Å². The zero-order chi connectivity index (χ0) is 27.1. The minimum atomic E-state index is -0.258. The number of allylic oxidation sites excluding steroid dienone is 1. The Labute approximate surface area is 233 Å². The second kappa shape index (κ2) is 11.1. The molecule has 38 heavy (non-hydrogen) atoms. The number of benzene rings is 1. The molecule has 4 aliphatic carbocycles. The average molecular weight is 519 g/mol. The zero-order valence-corrected chi connectivity index (χ0v) is 25.0. The molecule has 4 unspecified atom stereocenters. The van der Waals surface area contributed by atoms with Crippen LogP contribution in [0.2, 0.25) is 0 Å². The third kappa shape index (κ3) is 4.71. The summed E-state index contributed by atoms with van der Waals surface area (Å²) in [5, 5.41) is 0. The van der Waals surface area contributed by atoms with Gasteiger partial charge in [0.25, 0.3) is 0 Å². The van der Waals surface area contributed by atoms with Crippen LogP contribution in [0.15, 0.2) is 36.9 Å². The van der Waals surface area contributed by atoms with Crippen LogP contribution < -0.4 is 0 Å². The van der Waals surface area contributed by atoms with Gasteiger partial charge >= 0.3 is 5.97 Å². The molecule has 0 aliphatic heterocycles. The molecule has 0 spiro atoms. The van der Waals surface area contributed by atoms with Gasteiger partial charge < -0.3 is 4.74 Å². The molecule has 4 aliphatic rings. The number of fused-ring (bicyclic) bond motifs is 5. The van der Waals surface area contributed by atoms with Gasteiger partial charge in [-0.15, -0.1) is 6.58 Å². The van der Waals surface area contributed by atoms with Gasteiger partial charge in [-0.25, -0.2) is 4.79 Å². The van der Waals surface area contributed by atoms with E-state index < -0.39 is 0 Å². The monoisotopic (exact) mass is 518 g/mol. The molecule has 0 N–H and O–H groups in total. The van der Waals surface area contributed by atoms with Crippen molar-refractivity contribution in [2.45, 2.75) is 111 Å². The van der Waals surface area contributed by atoms with E-state index in [4.69, 9.17) is 4.74 Å². The van der Waals surface area contributed by atoms with Crippen molar-refractivity contribution in [2.24, 2.45) is 52.3 Å². The first-order chi connectivity index (χ1) is 18.3. The fraction of sp³-hybridized carbons (Fsp3) is 0.750. The summed E-state index contributed by atoms with van der Waals surface area (Å²) in [4.78, 5) is 11.8. The Morgan fingerprint density at radius 2 is 1.74 bits per heavy atom. The second-order valence-corrected chi connectivity index (χ2v) is 14.4. The van der Waals surface area contributed by atoms with Crippen molar-refractivity contribution >= 4 is 5.97 Å². The number of hydrogen-bond acceptors (Lipinski definition) is 2. The van der Waals surface area contributed by atoms with E-state index in [1.54, 1.807) is 0 Å². The Kier molecular flexibility index (Phi) is 8.19. The highest BCUT2D eigenvalue weighted by molar-refractivity contribution is 5.89. The molecule has 0 amide bonds. The number of ether oxygens (including phenoxy) is 1. The van der Waals surface area contributed by atoms with Gasteiger partial charge in [-0.2, -0.15) is 0 Å². The van der Waals surface area contributed by atoms with Gasteiger partial charge in [-0.3, -0.25) is 0 Å². The zero-order valence-electron chi connectivity index (χ0n) is 25.0. The van der Waals surface area contributed by atoms with E-state index in [-0.39, 0.29) is 5.97 Å². The minimum Gasteiger partial charge on any atom is -0.465 e. The molecule has 0 bridgehead atoms. The fourth-order valence-electron chi connectivity index (χ4n) is 10.9. The standard InChI is InChI=1S/C36H54O2/c1-7-25(13-12-24(3)27-14-16-28(17-15-27)34(37)38-6)31-18-19-32-29-23-26(8-2)30-11-9-10-21-35(30,4)33(29)20-22-36(31,32)5/h7,14-17,24-26,29-33H,1,8-13,18-23H2,2-6H3/t24?,25-,26+,29?,30+,31-,32?,33?,35+,36-/m1/s1. The lowest BCUT2D eigenvalue weighted by Crippen LogP contribution is -2.55. The van der Waals surface area contributed by atoms with Crippen LogP contribution in [0.3, 0.4) is 0 Å². The van der Waals surface area contributed by atoms with Crippen LogP contribution in [0.5, 0.6) is 0 Å². The molecule has 4 saturated carbocycles. The number of esters is 1. The number of carbonyl (C=O) groups is 1. The molecule has 0 heterocycles. The first-order valence-corrected chi connectivity index (χ1v) is 16.1. The van der Waals surface area contributed by atoms with Gasteiger partial charge in [0.2, 0.25) is 0 Å². The molecule has 4 fully saturated rings. The highest BCUT2D eigenvalue weighted by Crippen LogP contribution is 2.69. The summed E-state index contributed by atoms with van der Waals surface area (Å²) in [7, 11) is 1.44. The van der Waals surface area contributed by atoms with E-state index >= 15 is 0 Å². The predicted octanol–water partition coefficient (Wildman–Crippen LogP) is 9.84. The number of carbonyl (C=O) groups excluding carboxylic acids is 1. The summed E-state index contributed by atoms with van der Waals surface area (Å²) < 4.78 is 4.87. The molecule has 0 radical (unpaired) electrons. The summed E-state index contributed by atoms with van der Waals surface area (Å²) in [6.45, 7) is 14.6. The van der Waals surface area contributed by atoms with E-state index in [2.05, 4.69) is 52.5 Å². The maximum absolute atomic E-state index is 11.8. The molecule has 1 aromatic rings. The fourth-order valence-corrected chi connectivity index (χ4v) is 10.9. The maximum Gasteiger partial charge on any atom is 0.337 e.